The fourth-order valence-corrected chi connectivity index (χ4v) is 3.07. The summed E-state index contributed by atoms with van der Waals surface area (Å²) in [6.07, 6.45) is 0.938. The Morgan fingerprint density at radius 3 is 2.19 bits per heavy atom. The minimum Gasteiger partial charge on any atom is -0.493 e. The van der Waals surface area contributed by atoms with Gasteiger partial charge in [0.15, 0.2) is 5.11 Å². The van der Waals surface area contributed by atoms with Crippen LogP contribution in [0.25, 0.3) is 0 Å². The zero-order valence-electron chi connectivity index (χ0n) is 17.6. The summed E-state index contributed by atoms with van der Waals surface area (Å²) in [4.78, 5) is 12.4. The van der Waals surface area contributed by atoms with Crippen molar-refractivity contribution in [2.45, 2.75) is 26.4 Å². The van der Waals surface area contributed by atoms with Crippen LogP contribution in [0.15, 0.2) is 78.9 Å². The van der Waals surface area contributed by atoms with Gasteiger partial charge in [0.05, 0.1) is 12.7 Å². The monoisotopic (exact) mass is 434 g/mol. The summed E-state index contributed by atoms with van der Waals surface area (Å²) in [5, 5.41) is 5.91. The predicted molar refractivity (Wildman–Crippen MR) is 128 cm³/mol. The zero-order valence-corrected chi connectivity index (χ0v) is 18.4. The molecule has 0 bridgehead atoms. The third kappa shape index (κ3) is 7.42. The lowest BCUT2D eigenvalue weighted by atomic mass is 10.2. The van der Waals surface area contributed by atoms with Crippen LogP contribution in [0.2, 0.25) is 0 Å². The summed E-state index contributed by atoms with van der Waals surface area (Å²) in [5.41, 5.74) is 2.49. The average Bonchev–Trinajstić information content (AvgIpc) is 2.76. The Hall–Kier alpha value is -3.38. The summed E-state index contributed by atoms with van der Waals surface area (Å²) in [6, 6.07) is 24.5. The number of hydrogen-bond donors (Lipinski definition) is 2. The first-order chi connectivity index (χ1) is 15.0. The number of amides is 1. The van der Waals surface area contributed by atoms with E-state index in [1.54, 1.807) is 24.3 Å². The Labute approximate surface area is 188 Å². The van der Waals surface area contributed by atoms with Crippen LogP contribution in [0.5, 0.6) is 11.5 Å². The number of anilines is 1. The van der Waals surface area contributed by atoms with Crippen molar-refractivity contribution in [2.75, 3.05) is 11.9 Å². The van der Waals surface area contributed by atoms with Gasteiger partial charge in [-0.15, -0.1) is 0 Å². The topological polar surface area (TPSA) is 59.6 Å². The molecule has 0 atom stereocenters. The summed E-state index contributed by atoms with van der Waals surface area (Å²) in [6.45, 7) is 4.52. The number of thiocarbonyl (C=S) groups is 1. The average molecular weight is 435 g/mol. The van der Waals surface area contributed by atoms with Crippen LogP contribution < -0.4 is 20.1 Å². The quantitative estimate of drug-likeness (QED) is 0.476. The maximum absolute atomic E-state index is 12.4. The van der Waals surface area contributed by atoms with Gasteiger partial charge < -0.3 is 14.8 Å². The smallest absolute Gasteiger partial charge is 0.257 e. The van der Waals surface area contributed by atoms with Crippen LogP contribution in [-0.2, 0) is 6.42 Å². The van der Waals surface area contributed by atoms with Gasteiger partial charge in [-0.3, -0.25) is 10.1 Å². The molecule has 0 aliphatic carbocycles. The van der Waals surface area contributed by atoms with E-state index in [2.05, 4.69) is 22.8 Å². The van der Waals surface area contributed by atoms with Crippen molar-refractivity contribution in [2.24, 2.45) is 0 Å². The largest absolute Gasteiger partial charge is 0.493 e. The van der Waals surface area contributed by atoms with Gasteiger partial charge in [-0.25, -0.2) is 0 Å². The molecule has 0 aromatic heterocycles. The lowest BCUT2D eigenvalue weighted by Gasteiger charge is -2.12. The molecule has 0 saturated carbocycles. The molecule has 1 amide bonds. The number of benzene rings is 3. The second-order valence-electron chi connectivity index (χ2n) is 7.21. The lowest BCUT2D eigenvalue weighted by molar-refractivity contribution is 0.0977. The van der Waals surface area contributed by atoms with Gasteiger partial charge in [-0.2, -0.15) is 0 Å². The van der Waals surface area contributed by atoms with Crippen LogP contribution >= 0.6 is 12.2 Å². The molecule has 160 valence electrons. The first kappa shape index (κ1) is 22.3. The van der Waals surface area contributed by atoms with E-state index in [4.69, 9.17) is 21.7 Å². The maximum atomic E-state index is 12.4. The Morgan fingerprint density at radius 2 is 1.55 bits per heavy atom. The van der Waals surface area contributed by atoms with E-state index < -0.39 is 0 Å². The molecule has 0 radical (unpaired) electrons. The van der Waals surface area contributed by atoms with Gasteiger partial charge in [-0.1, -0.05) is 30.3 Å². The first-order valence-corrected chi connectivity index (χ1v) is 10.6. The van der Waals surface area contributed by atoms with E-state index in [-0.39, 0.29) is 17.1 Å². The molecule has 0 saturated heterocycles. The molecule has 6 heteroatoms. The van der Waals surface area contributed by atoms with Gasteiger partial charge in [0.25, 0.3) is 5.91 Å². The van der Waals surface area contributed by atoms with E-state index in [0.29, 0.717) is 12.2 Å². The molecule has 31 heavy (non-hydrogen) atoms. The van der Waals surface area contributed by atoms with Crippen molar-refractivity contribution in [3.8, 4) is 11.5 Å². The highest BCUT2D eigenvalue weighted by molar-refractivity contribution is 7.80. The van der Waals surface area contributed by atoms with Gasteiger partial charge in [0.1, 0.15) is 11.5 Å². The number of hydrogen-bond acceptors (Lipinski definition) is 4. The Balaban J connectivity index is 1.45. The van der Waals surface area contributed by atoms with Gasteiger partial charge >= 0.3 is 0 Å². The van der Waals surface area contributed by atoms with Crippen LogP contribution in [0.4, 0.5) is 5.69 Å². The Kier molecular flexibility index (Phi) is 8.01. The fourth-order valence-electron chi connectivity index (χ4n) is 2.86. The fraction of sp³-hybridized carbons (Fsp3) is 0.200. The van der Waals surface area contributed by atoms with Crippen molar-refractivity contribution in [1.82, 2.24) is 5.32 Å². The molecule has 0 fully saturated rings. The number of nitrogens with one attached hydrogen (secondary N) is 2. The number of carbonyl (C=O) groups excluding carboxylic acids is 1. The molecule has 0 aliphatic rings. The number of carbonyl (C=O) groups is 1. The first-order valence-electron chi connectivity index (χ1n) is 10.2. The minimum atomic E-state index is -0.284. The van der Waals surface area contributed by atoms with Crippen molar-refractivity contribution in [3.63, 3.8) is 0 Å². The van der Waals surface area contributed by atoms with E-state index >= 15 is 0 Å². The molecular weight excluding hydrogens is 408 g/mol. The molecule has 5 nitrogen and oxygen atoms in total. The van der Waals surface area contributed by atoms with Crippen molar-refractivity contribution in [1.29, 1.82) is 0 Å². The highest BCUT2D eigenvalue weighted by Gasteiger charge is 2.09. The van der Waals surface area contributed by atoms with Crippen LogP contribution in [0, 0.1) is 0 Å². The van der Waals surface area contributed by atoms with Gasteiger partial charge in [0.2, 0.25) is 0 Å². The predicted octanol–water partition coefficient (Wildman–Crippen LogP) is 5.22. The normalized spacial score (nSPS) is 10.4. The minimum absolute atomic E-state index is 0.111. The molecule has 3 aromatic rings. The molecule has 0 unspecified atom stereocenters. The molecule has 2 N–H and O–H groups in total. The standard InChI is InChI=1S/C25H26N2O3S/c1-18(2)30-23-14-10-21(11-15-23)26-25(31)27-24(28)20-8-12-22(13-9-20)29-17-16-19-6-4-3-5-7-19/h3-15,18H,16-17H2,1-2H3,(H2,26,27,28,31). The highest BCUT2D eigenvalue weighted by atomic mass is 32.1. The second kappa shape index (κ2) is 11.1. The van der Waals surface area contributed by atoms with Gasteiger partial charge in [-0.05, 0) is 80.2 Å². The van der Waals surface area contributed by atoms with E-state index in [0.717, 1.165) is 23.6 Å². The van der Waals surface area contributed by atoms with Crippen LogP contribution in [0.3, 0.4) is 0 Å². The number of ether oxygens (including phenoxy) is 2. The van der Waals surface area contributed by atoms with Gasteiger partial charge in [0, 0.05) is 17.7 Å². The Bertz CT molecular complexity index is 988. The molecule has 0 heterocycles. The SMILES string of the molecule is CC(C)Oc1ccc(NC(=S)NC(=O)c2ccc(OCCc3ccccc3)cc2)cc1. The van der Waals surface area contributed by atoms with Crippen molar-refractivity contribution in [3.05, 3.63) is 90.0 Å². The second-order valence-corrected chi connectivity index (χ2v) is 7.62. The third-order valence-corrected chi connectivity index (χ3v) is 4.53. The summed E-state index contributed by atoms with van der Waals surface area (Å²) < 4.78 is 11.4. The summed E-state index contributed by atoms with van der Waals surface area (Å²) in [7, 11) is 0. The number of rotatable bonds is 8. The van der Waals surface area contributed by atoms with E-state index in [1.165, 1.54) is 5.56 Å². The zero-order chi connectivity index (χ0) is 22.1. The molecule has 0 aliphatic heterocycles. The third-order valence-electron chi connectivity index (χ3n) is 4.33. The molecular formula is C25H26N2O3S. The van der Waals surface area contributed by atoms with Crippen molar-refractivity contribution >= 4 is 28.9 Å². The molecule has 0 spiro atoms. The molecule has 3 rings (SSSR count). The lowest BCUT2D eigenvalue weighted by Crippen LogP contribution is -2.34. The highest BCUT2D eigenvalue weighted by Crippen LogP contribution is 2.17. The van der Waals surface area contributed by atoms with Crippen molar-refractivity contribution < 1.29 is 14.3 Å². The molecule has 3 aromatic carbocycles. The summed E-state index contributed by atoms with van der Waals surface area (Å²) in [5.74, 6) is 1.21. The summed E-state index contributed by atoms with van der Waals surface area (Å²) >= 11 is 5.25. The van der Waals surface area contributed by atoms with Crippen LogP contribution in [-0.4, -0.2) is 23.7 Å². The van der Waals surface area contributed by atoms with E-state index in [1.807, 2.05) is 56.3 Å². The Morgan fingerprint density at radius 1 is 0.903 bits per heavy atom. The maximum Gasteiger partial charge on any atom is 0.257 e. The van der Waals surface area contributed by atoms with E-state index in [9.17, 15) is 4.79 Å². The van der Waals surface area contributed by atoms with Crippen LogP contribution in [0.1, 0.15) is 29.8 Å².